The molecule has 0 radical (unpaired) electrons. The van der Waals surface area contributed by atoms with E-state index < -0.39 is 27.8 Å². The maximum Gasteiger partial charge on any atom is 0.244 e. The number of carbonyl (C=O) groups is 1. The minimum Gasteiger partial charge on any atom is -0.491 e. The molecular weight excluding hydrogens is 419 g/mol. The van der Waals surface area contributed by atoms with Crippen LogP contribution in [0.3, 0.4) is 0 Å². The van der Waals surface area contributed by atoms with Gasteiger partial charge in [-0.15, -0.1) is 0 Å². The quantitative estimate of drug-likeness (QED) is 0.589. The summed E-state index contributed by atoms with van der Waals surface area (Å²) in [6.07, 6.45) is 1.14. The molecule has 2 aromatic carbocycles. The maximum atomic E-state index is 14.3. The molecule has 170 valence electrons. The Balaban J connectivity index is 2.09. The van der Waals surface area contributed by atoms with Gasteiger partial charge in [0.05, 0.1) is 18.5 Å². The molecule has 1 unspecified atom stereocenters. The van der Waals surface area contributed by atoms with Crippen LogP contribution in [0.25, 0.3) is 0 Å². The predicted molar refractivity (Wildman–Crippen MR) is 121 cm³/mol. The van der Waals surface area contributed by atoms with Crippen molar-refractivity contribution in [2.75, 3.05) is 23.7 Å². The fraction of sp³-hybridized carbons (Fsp3) is 0.435. The van der Waals surface area contributed by atoms with Crippen LogP contribution in [0.1, 0.15) is 39.7 Å². The highest BCUT2D eigenvalue weighted by atomic mass is 32.2. The van der Waals surface area contributed by atoms with Crippen molar-refractivity contribution in [3.63, 3.8) is 0 Å². The average Bonchev–Trinajstić information content (AvgIpc) is 2.68. The first-order chi connectivity index (χ1) is 14.5. The van der Waals surface area contributed by atoms with Gasteiger partial charge in [0, 0.05) is 0 Å². The summed E-state index contributed by atoms with van der Waals surface area (Å²) < 4.78 is 45.8. The highest BCUT2D eigenvalue weighted by Crippen LogP contribution is 2.31. The fourth-order valence-electron chi connectivity index (χ4n) is 3.33. The summed E-state index contributed by atoms with van der Waals surface area (Å²) >= 11 is 0. The van der Waals surface area contributed by atoms with E-state index >= 15 is 0 Å². The molecule has 0 bridgehead atoms. The zero-order valence-electron chi connectivity index (χ0n) is 18.7. The molecule has 0 heterocycles. The molecule has 6 nitrogen and oxygen atoms in total. The number of halogens is 1. The Morgan fingerprint density at radius 3 is 2.32 bits per heavy atom. The minimum atomic E-state index is -3.89. The molecule has 0 spiro atoms. The smallest absolute Gasteiger partial charge is 0.244 e. The van der Waals surface area contributed by atoms with E-state index in [2.05, 4.69) is 26.1 Å². The molecule has 2 aromatic rings. The predicted octanol–water partition coefficient (Wildman–Crippen LogP) is 3.86. The standard InChI is InChI=1S/C23H31FN2O4S/c1-6-19(26(31(5,28)29)20-13-9-8-12-18(20)24)22(27)25-15-16-30-21-14-10-7-11-17(21)23(2,3)4/h7-14,19H,6,15-16H2,1-5H3,(H,25,27). The van der Waals surface area contributed by atoms with Crippen molar-refractivity contribution in [3.05, 3.63) is 59.9 Å². The van der Waals surface area contributed by atoms with Gasteiger partial charge < -0.3 is 10.1 Å². The molecule has 0 saturated carbocycles. The van der Waals surface area contributed by atoms with Crippen molar-refractivity contribution < 1.29 is 22.3 Å². The highest BCUT2D eigenvalue weighted by molar-refractivity contribution is 7.92. The van der Waals surface area contributed by atoms with Gasteiger partial charge in [-0.05, 0) is 35.6 Å². The molecule has 0 fully saturated rings. The third-order valence-electron chi connectivity index (χ3n) is 4.77. The Bertz CT molecular complexity index is 1000. The van der Waals surface area contributed by atoms with Crippen molar-refractivity contribution in [1.29, 1.82) is 0 Å². The topological polar surface area (TPSA) is 75.7 Å². The summed E-state index contributed by atoms with van der Waals surface area (Å²) in [5.41, 5.74) is 0.806. The van der Waals surface area contributed by atoms with E-state index in [9.17, 15) is 17.6 Å². The number of benzene rings is 2. The van der Waals surface area contributed by atoms with E-state index in [1.165, 1.54) is 24.3 Å². The zero-order chi connectivity index (χ0) is 23.2. The van der Waals surface area contributed by atoms with Crippen LogP contribution in [-0.2, 0) is 20.2 Å². The molecule has 1 atom stereocenters. The van der Waals surface area contributed by atoms with Crippen LogP contribution in [-0.4, -0.2) is 39.8 Å². The molecule has 1 N–H and O–H groups in total. The van der Waals surface area contributed by atoms with E-state index in [-0.39, 0.29) is 30.7 Å². The molecule has 0 saturated heterocycles. The molecule has 31 heavy (non-hydrogen) atoms. The van der Waals surface area contributed by atoms with Crippen molar-refractivity contribution in [1.82, 2.24) is 5.32 Å². The molecule has 2 rings (SSSR count). The van der Waals surface area contributed by atoms with Crippen molar-refractivity contribution >= 4 is 21.6 Å². The fourth-order valence-corrected chi connectivity index (χ4v) is 4.54. The number of para-hydroxylation sites is 2. The van der Waals surface area contributed by atoms with Gasteiger partial charge in [-0.3, -0.25) is 9.10 Å². The van der Waals surface area contributed by atoms with Crippen LogP contribution >= 0.6 is 0 Å². The van der Waals surface area contributed by atoms with E-state index in [0.717, 1.165) is 21.9 Å². The van der Waals surface area contributed by atoms with Crippen LogP contribution in [0.15, 0.2) is 48.5 Å². The Kier molecular flexibility index (Phi) is 8.06. The average molecular weight is 451 g/mol. The Morgan fingerprint density at radius 2 is 1.74 bits per heavy atom. The summed E-state index contributed by atoms with van der Waals surface area (Å²) in [6, 6.07) is 12.1. The van der Waals surface area contributed by atoms with Gasteiger partial charge in [-0.1, -0.05) is 58.0 Å². The van der Waals surface area contributed by atoms with Crippen molar-refractivity contribution in [2.45, 2.75) is 45.6 Å². The molecule has 0 aliphatic carbocycles. The number of anilines is 1. The van der Waals surface area contributed by atoms with E-state index in [0.29, 0.717) is 0 Å². The lowest BCUT2D eigenvalue weighted by Gasteiger charge is -2.30. The first-order valence-electron chi connectivity index (χ1n) is 10.2. The summed E-state index contributed by atoms with van der Waals surface area (Å²) in [7, 11) is -3.89. The number of hydrogen-bond donors (Lipinski definition) is 1. The SMILES string of the molecule is CCC(C(=O)NCCOc1ccccc1C(C)(C)C)N(c1ccccc1F)S(C)(=O)=O. The molecule has 0 aliphatic rings. The third-order valence-corrected chi connectivity index (χ3v) is 5.94. The number of hydrogen-bond acceptors (Lipinski definition) is 4. The Labute approximate surface area is 184 Å². The number of sulfonamides is 1. The number of carbonyl (C=O) groups excluding carboxylic acids is 1. The van der Waals surface area contributed by atoms with E-state index in [4.69, 9.17) is 4.74 Å². The number of amides is 1. The van der Waals surface area contributed by atoms with Crippen molar-refractivity contribution in [2.24, 2.45) is 0 Å². The normalized spacial score (nSPS) is 12.8. The second-order valence-corrected chi connectivity index (χ2v) is 10.2. The highest BCUT2D eigenvalue weighted by Gasteiger charge is 2.32. The van der Waals surface area contributed by atoms with Crippen molar-refractivity contribution in [3.8, 4) is 5.75 Å². The molecule has 8 heteroatoms. The van der Waals surface area contributed by atoms with Gasteiger partial charge in [0.15, 0.2) is 0 Å². The molecule has 0 aromatic heterocycles. The summed E-state index contributed by atoms with van der Waals surface area (Å²) in [5, 5.41) is 2.71. The number of nitrogens with one attached hydrogen (secondary N) is 1. The van der Waals surface area contributed by atoms with Crippen LogP contribution in [0.5, 0.6) is 5.75 Å². The van der Waals surface area contributed by atoms with Gasteiger partial charge in [0.25, 0.3) is 0 Å². The lowest BCUT2D eigenvalue weighted by molar-refractivity contribution is -0.122. The van der Waals surface area contributed by atoms with Crippen LogP contribution < -0.4 is 14.4 Å². The van der Waals surface area contributed by atoms with Crippen LogP contribution in [0, 0.1) is 5.82 Å². The first-order valence-corrected chi connectivity index (χ1v) is 12.1. The van der Waals surface area contributed by atoms with Crippen LogP contribution in [0.2, 0.25) is 0 Å². The lowest BCUT2D eigenvalue weighted by Crippen LogP contribution is -2.50. The second kappa shape index (κ2) is 10.1. The maximum absolute atomic E-state index is 14.3. The summed E-state index contributed by atoms with van der Waals surface area (Å²) in [4.78, 5) is 12.8. The van der Waals surface area contributed by atoms with Gasteiger partial charge >= 0.3 is 0 Å². The Morgan fingerprint density at radius 1 is 1.13 bits per heavy atom. The van der Waals surface area contributed by atoms with E-state index in [1.807, 2.05) is 24.3 Å². The minimum absolute atomic E-state index is 0.0944. The number of ether oxygens (including phenoxy) is 1. The molecular formula is C23H31FN2O4S. The van der Waals surface area contributed by atoms with Gasteiger partial charge in [-0.25, -0.2) is 12.8 Å². The third kappa shape index (κ3) is 6.43. The monoisotopic (exact) mass is 450 g/mol. The lowest BCUT2D eigenvalue weighted by atomic mass is 9.86. The largest absolute Gasteiger partial charge is 0.491 e. The summed E-state index contributed by atoms with van der Waals surface area (Å²) in [5.74, 6) is -0.481. The van der Waals surface area contributed by atoms with Gasteiger partial charge in [0.2, 0.25) is 15.9 Å². The molecule has 1 amide bonds. The van der Waals surface area contributed by atoms with Gasteiger partial charge in [0.1, 0.15) is 24.2 Å². The van der Waals surface area contributed by atoms with Gasteiger partial charge in [-0.2, -0.15) is 0 Å². The zero-order valence-corrected chi connectivity index (χ0v) is 19.5. The Hall–Kier alpha value is -2.61. The number of nitrogens with zero attached hydrogens (tertiary/aromatic N) is 1. The molecule has 0 aliphatic heterocycles. The summed E-state index contributed by atoms with van der Waals surface area (Å²) in [6.45, 7) is 8.35. The van der Waals surface area contributed by atoms with E-state index in [1.54, 1.807) is 6.92 Å². The van der Waals surface area contributed by atoms with Crippen LogP contribution in [0.4, 0.5) is 10.1 Å². The number of rotatable bonds is 9. The first kappa shape index (κ1) is 24.7. The second-order valence-electron chi connectivity index (χ2n) is 8.32.